The molecule has 5 rings (SSSR count). The fourth-order valence-corrected chi connectivity index (χ4v) is 5.28. The number of hydrogen-bond donors (Lipinski definition) is 1. The smallest absolute Gasteiger partial charge is 0.373 e. The number of rotatable bonds is 9. The number of benzene rings is 2. The number of Topliss-reactive ketones (excluding diaryl/α,β-unsaturated/α-hetero) is 1. The summed E-state index contributed by atoms with van der Waals surface area (Å²) in [5.74, 6) is 2.34. The molecule has 0 spiro atoms. The van der Waals surface area contributed by atoms with Crippen molar-refractivity contribution in [3.05, 3.63) is 85.5 Å². The molecular weight excluding hydrogens is 718 g/mol. The minimum atomic E-state index is -0.216. The first-order valence-electron chi connectivity index (χ1n) is 13.1. The van der Waals surface area contributed by atoms with Crippen molar-refractivity contribution in [1.82, 2.24) is 24.4 Å². The summed E-state index contributed by atoms with van der Waals surface area (Å²) in [6.45, 7) is 2.23. The lowest BCUT2D eigenvalue weighted by Crippen LogP contribution is -2.14. The molecule has 5 aromatic rings. The molecule has 236 valence electrons. The molecule has 0 saturated heterocycles. The number of hydrogen-bond acceptors (Lipinski definition) is 10. The topological polar surface area (TPSA) is 156 Å². The average Bonchev–Trinajstić information content (AvgIpc) is 3.61. The Morgan fingerprint density at radius 2 is 1.44 bits per heavy atom. The molecule has 45 heavy (non-hydrogen) atoms. The highest BCUT2D eigenvalue weighted by Gasteiger charge is 2.15. The number of ketones is 1. The maximum absolute atomic E-state index is 12.4. The number of halogens is 2. The normalized spacial score (nSPS) is 10.1. The molecule has 0 amide bonds. The Morgan fingerprint density at radius 3 is 2.04 bits per heavy atom. The Kier molecular flexibility index (Phi) is 12.7. The van der Waals surface area contributed by atoms with Crippen LogP contribution in [0, 0.1) is 0 Å². The van der Waals surface area contributed by atoms with Crippen molar-refractivity contribution in [3.8, 4) is 34.3 Å². The highest BCUT2D eigenvalue weighted by atomic mass is 79.9. The second kappa shape index (κ2) is 16.4. The molecule has 0 aliphatic carbocycles. The molecule has 0 fully saturated rings. The first-order chi connectivity index (χ1) is 21.6. The van der Waals surface area contributed by atoms with Crippen LogP contribution >= 0.6 is 31.9 Å². The van der Waals surface area contributed by atoms with Gasteiger partial charge in [0.1, 0.15) is 12.1 Å². The molecule has 2 aromatic carbocycles. The van der Waals surface area contributed by atoms with Crippen molar-refractivity contribution in [3.63, 3.8) is 0 Å². The van der Waals surface area contributed by atoms with Gasteiger partial charge in [-0.05, 0) is 74.7 Å². The number of nitrogens with zero attached hydrogens (tertiary/aromatic N) is 4. The quantitative estimate of drug-likeness (QED) is 0.204. The largest absolute Gasteiger partial charge is 0.493 e. The average molecular weight is 747 g/mol. The lowest BCUT2D eigenvalue weighted by atomic mass is 10.1. The molecule has 3 aromatic heterocycles. The summed E-state index contributed by atoms with van der Waals surface area (Å²) in [7, 11) is 6.25. The highest BCUT2D eigenvalue weighted by molar-refractivity contribution is 9.11. The van der Waals surface area contributed by atoms with Crippen LogP contribution in [0.2, 0.25) is 0 Å². The van der Waals surface area contributed by atoms with Crippen molar-refractivity contribution in [2.75, 3.05) is 28.4 Å². The van der Waals surface area contributed by atoms with E-state index in [0.29, 0.717) is 44.2 Å². The maximum Gasteiger partial charge on any atom is 0.373 e. The van der Waals surface area contributed by atoms with Crippen molar-refractivity contribution in [2.24, 2.45) is 0 Å². The second-order valence-electron chi connectivity index (χ2n) is 8.88. The van der Waals surface area contributed by atoms with Gasteiger partial charge in [-0.2, -0.15) is 19.8 Å². The Balaban J connectivity index is 0.000000226. The van der Waals surface area contributed by atoms with Gasteiger partial charge in [0.25, 0.3) is 5.56 Å². The van der Waals surface area contributed by atoms with Gasteiger partial charge in [0.2, 0.25) is 0 Å². The second-order valence-corrected chi connectivity index (χ2v) is 10.6. The zero-order chi connectivity index (χ0) is 33.1. The van der Waals surface area contributed by atoms with Gasteiger partial charge in [0.15, 0.2) is 28.8 Å². The van der Waals surface area contributed by atoms with Crippen LogP contribution in [-0.2, 0) is 22.6 Å². The number of aromatic nitrogens is 5. The van der Waals surface area contributed by atoms with E-state index in [1.807, 2.05) is 13.0 Å². The standard InChI is InChI=1S/C15H17BrN2O3.C14H12BrN3O3.CO2/c1-4-12-11(16)8-17-18(12)9-13(19)10-5-6-14(20-2)15(7-10)21-3;1-20-11-4-3-8(5-12(11)21-2)10-7-18-13(14(19)17-10)9(15)6-16-18;2-1-3/h5-8H,4,9H2,1-3H3;3-7H,1-2H3,(H,17,19);. The van der Waals surface area contributed by atoms with E-state index in [1.165, 1.54) is 4.52 Å². The molecule has 0 unspecified atom stereocenters. The number of aromatic amines is 1. The van der Waals surface area contributed by atoms with Gasteiger partial charge in [-0.15, -0.1) is 0 Å². The molecule has 0 aliphatic heterocycles. The van der Waals surface area contributed by atoms with E-state index < -0.39 is 0 Å². The summed E-state index contributed by atoms with van der Waals surface area (Å²) in [6, 6.07) is 10.6. The first-order valence-corrected chi connectivity index (χ1v) is 14.7. The summed E-state index contributed by atoms with van der Waals surface area (Å²) in [6.07, 6.45) is 6.10. The molecule has 3 heterocycles. The molecule has 0 atom stereocenters. The number of carbonyl (C=O) groups excluding carboxylic acids is 3. The number of H-pyrrole nitrogens is 1. The van der Waals surface area contributed by atoms with Gasteiger partial charge in [0, 0.05) is 11.1 Å². The fraction of sp³-hybridized carbons (Fsp3) is 0.233. The van der Waals surface area contributed by atoms with E-state index in [9.17, 15) is 9.59 Å². The summed E-state index contributed by atoms with van der Waals surface area (Å²) in [4.78, 5) is 43.6. The lowest BCUT2D eigenvalue weighted by molar-refractivity contribution is -0.191. The predicted octanol–water partition coefficient (Wildman–Crippen LogP) is 4.99. The molecule has 0 saturated carbocycles. The monoisotopic (exact) mass is 745 g/mol. The molecule has 15 heteroatoms. The third-order valence-corrected chi connectivity index (χ3v) is 7.63. The SMILES string of the molecule is CCc1c(Br)cnn1CC(=O)c1ccc(OC)c(OC)c1.COc1ccc(-c2cn3ncc(Br)c3c(=O)[nH]2)cc1OC.O=C=O. The number of carbonyl (C=O) groups is 1. The highest BCUT2D eigenvalue weighted by Crippen LogP contribution is 2.31. The van der Waals surface area contributed by atoms with E-state index in [0.717, 1.165) is 22.2 Å². The zero-order valence-corrected chi connectivity index (χ0v) is 28.1. The van der Waals surface area contributed by atoms with Crippen LogP contribution in [0.4, 0.5) is 0 Å². The van der Waals surface area contributed by atoms with E-state index in [-0.39, 0.29) is 24.0 Å². The summed E-state index contributed by atoms with van der Waals surface area (Å²) < 4.78 is 25.7. The van der Waals surface area contributed by atoms with Crippen LogP contribution in [0.3, 0.4) is 0 Å². The van der Waals surface area contributed by atoms with E-state index in [1.54, 1.807) is 82.0 Å². The molecular formula is C30H29Br2N5O8. The zero-order valence-electron chi connectivity index (χ0n) is 24.9. The van der Waals surface area contributed by atoms with Crippen molar-refractivity contribution < 1.29 is 33.3 Å². The minimum absolute atomic E-state index is 0.0266. The van der Waals surface area contributed by atoms with Gasteiger partial charge in [0.05, 0.1) is 67.4 Å². The molecule has 1 N–H and O–H groups in total. The predicted molar refractivity (Wildman–Crippen MR) is 170 cm³/mol. The fourth-order valence-electron chi connectivity index (χ4n) is 4.25. The van der Waals surface area contributed by atoms with Crippen LogP contribution in [0.25, 0.3) is 16.8 Å². The number of nitrogens with one attached hydrogen (secondary N) is 1. The molecule has 0 aliphatic rings. The van der Waals surface area contributed by atoms with Crippen molar-refractivity contribution in [2.45, 2.75) is 19.9 Å². The molecule has 0 bridgehead atoms. The van der Waals surface area contributed by atoms with Gasteiger partial charge in [-0.1, -0.05) is 6.92 Å². The molecule has 13 nitrogen and oxygen atoms in total. The van der Waals surface area contributed by atoms with Gasteiger partial charge >= 0.3 is 6.15 Å². The number of methoxy groups -OCH3 is 4. The summed E-state index contributed by atoms with van der Waals surface area (Å²) in [5, 5.41) is 8.36. The van der Waals surface area contributed by atoms with Crippen LogP contribution in [0.5, 0.6) is 23.0 Å². The van der Waals surface area contributed by atoms with E-state index >= 15 is 0 Å². The Morgan fingerprint density at radius 1 is 0.867 bits per heavy atom. The third kappa shape index (κ3) is 8.26. The van der Waals surface area contributed by atoms with Crippen LogP contribution in [0.15, 0.2) is 68.7 Å². The number of ether oxygens (including phenoxy) is 4. The maximum atomic E-state index is 12.4. The lowest BCUT2D eigenvalue weighted by Gasteiger charge is -2.10. The molecule has 0 radical (unpaired) electrons. The van der Waals surface area contributed by atoms with E-state index in [4.69, 9.17) is 28.5 Å². The van der Waals surface area contributed by atoms with Crippen LogP contribution in [-0.4, -0.2) is 64.8 Å². The van der Waals surface area contributed by atoms with Crippen LogP contribution < -0.4 is 24.5 Å². The van der Waals surface area contributed by atoms with Crippen molar-refractivity contribution >= 4 is 49.3 Å². The summed E-state index contributed by atoms with van der Waals surface area (Å²) >= 11 is 6.73. The van der Waals surface area contributed by atoms with Gasteiger partial charge in [-0.3, -0.25) is 14.3 Å². The van der Waals surface area contributed by atoms with Crippen molar-refractivity contribution in [1.29, 1.82) is 0 Å². The Labute approximate surface area is 274 Å². The first kappa shape index (κ1) is 34.8. The van der Waals surface area contributed by atoms with Gasteiger partial charge < -0.3 is 23.9 Å². The number of fused-ring (bicyclic) bond motifs is 1. The van der Waals surface area contributed by atoms with Crippen LogP contribution in [0.1, 0.15) is 23.0 Å². The van der Waals surface area contributed by atoms with E-state index in [2.05, 4.69) is 47.0 Å². The summed E-state index contributed by atoms with van der Waals surface area (Å²) in [5.41, 5.74) is 3.28. The third-order valence-electron chi connectivity index (χ3n) is 6.39. The minimum Gasteiger partial charge on any atom is -0.493 e. The Hall–Kier alpha value is -4.72. The Bertz CT molecular complexity index is 1880. The van der Waals surface area contributed by atoms with Gasteiger partial charge in [-0.25, -0.2) is 4.52 Å².